The fourth-order valence-corrected chi connectivity index (χ4v) is 3.78. The molecule has 22 heavy (non-hydrogen) atoms. The van der Waals surface area contributed by atoms with Crippen LogP contribution in [0.1, 0.15) is 15.2 Å². The Kier molecular flexibility index (Phi) is 4.88. The van der Waals surface area contributed by atoms with E-state index in [2.05, 4.69) is 21.7 Å². The molecule has 0 saturated heterocycles. The Hall–Kier alpha value is -2.11. The van der Waals surface area contributed by atoms with Crippen molar-refractivity contribution in [3.8, 4) is 0 Å². The van der Waals surface area contributed by atoms with Crippen LogP contribution >= 0.6 is 23.1 Å². The number of carbonyl (C=O) groups excluding carboxylic acids is 1. The first-order chi connectivity index (χ1) is 10.8. The SMILES string of the molecule is O=C(Nc1ccncc1)c1ccccc1SCc1cccs1. The number of carbonyl (C=O) groups is 1. The molecule has 1 amide bonds. The molecule has 3 nitrogen and oxygen atoms in total. The van der Waals surface area contributed by atoms with Gasteiger partial charge in [-0.3, -0.25) is 9.78 Å². The van der Waals surface area contributed by atoms with E-state index in [-0.39, 0.29) is 5.91 Å². The van der Waals surface area contributed by atoms with E-state index in [4.69, 9.17) is 0 Å². The molecule has 1 N–H and O–H groups in total. The third kappa shape index (κ3) is 3.75. The van der Waals surface area contributed by atoms with Crippen LogP contribution in [-0.2, 0) is 5.75 Å². The highest BCUT2D eigenvalue weighted by atomic mass is 32.2. The molecule has 0 aliphatic heterocycles. The van der Waals surface area contributed by atoms with Crippen LogP contribution in [0, 0.1) is 0 Å². The zero-order valence-corrected chi connectivity index (χ0v) is 13.4. The molecule has 110 valence electrons. The molecule has 2 aromatic heterocycles. The van der Waals surface area contributed by atoms with Crippen LogP contribution in [0.15, 0.2) is 71.2 Å². The van der Waals surface area contributed by atoms with E-state index in [1.807, 2.05) is 30.3 Å². The highest BCUT2D eigenvalue weighted by Crippen LogP contribution is 2.28. The minimum Gasteiger partial charge on any atom is -0.322 e. The predicted octanol–water partition coefficient (Wildman–Crippen LogP) is 4.69. The molecule has 5 heteroatoms. The fourth-order valence-electron chi connectivity index (χ4n) is 1.96. The van der Waals surface area contributed by atoms with Gasteiger partial charge in [-0.1, -0.05) is 18.2 Å². The second-order valence-corrected chi connectivity index (χ2v) is 6.60. The minimum absolute atomic E-state index is 0.0968. The van der Waals surface area contributed by atoms with Crippen molar-refractivity contribution in [3.63, 3.8) is 0 Å². The lowest BCUT2D eigenvalue weighted by Crippen LogP contribution is -2.12. The maximum absolute atomic E-state index is 12.5. The number of benzene rings is 1. The number of amides is 1. The molecular weight excluding hydrogens is 312 g/mol. The molecule has 0 fully saturated rings. The summed E-state index contributed by atoms with van der Waals surface area (Å²) in [7, 11) is 0. The van der Waals surface area contributed by atoms with E-state index in [0.29, 0.717) is 5.56 Å². The largest absolute Gasteiger partial charge is 0.322 e. The highest BCUT2D eigenvalue weighted by Gasteiger charge is 2.11. The summed E-state index contributed by atoms with van der Waals surface area (Å²) in [5.41, 5.74) is 1.44. The normalized spacial score (nSPS) is 10.4. The molecule has 0 bridgehead atoms. The Bertz CT molecular complexity index is 742. The molecule has 2 heterocycles. The van der Waals surface area contributed by atoms with E-state index in [0.717, 1.165) is 16.3 Å². The van der Waals surface area contributed by atoms with E-state index >= 15 is 0 Å². The van der Waals surface area contributed by atoms with Crippen molar-refractivity contribution < 1.29 is 4.79 Å². The average molecular weight is 326 g/mol. The van der Waals surface area contributed by atoms with Gasteiger partial charge in [0.25, 0.3) is 5.91 Å². The van der Waals surface area contributed by atoms with Crippen LogP contribution in [0.4, 0.5) is 5.69 Å². The summed E-state index contributed by atoms with van der Waals surface area (Å²) >= 11 is 3.41. The summed E-state index contributed by atoms with van der Waals surface area (Å²) in [6.45, 7) is 0. The monoisotopic (exact) mass is 326 g/mol. The summed E-state index contributed by atoms with van der Waals surface area (Å²) in [6, 6.07) is 15.4. The lowest BCUT2D eigenvalue weighted by molar-refractivity contribution is 0.102. The van der Waals surface area contributed by atoms with Gasteiger partial charge < -0.3 is 5.32 Å². The van der Waals surface area contributed by atoms with Crippen molar-refractivity contribution in [1.82, 2.24) is 4.98 Å². The molecule has 0 unspecified atom stereocenters. The van der Waals surface area contributed by atoms with Gasteiger partial charge >= 0.3 is 0 Å². The van der Waals surface area contributed by atoms with Gasteiger partial charge in [0.2, 0.25) is 0 Å². The number of nitrogens with one attached hydrogen (secondary N) is 1. The Morgan fingerprint density at radius 1 is 1.09 bits per heavy atom. The summed E-state index contributed by atoms with van der Waals surface area (Å²) in [5, 5.41) is 4.97. The number of anilines is 1. The van der Waals surface area contributed by atoms with Crippen LogP contribution < -0.4 is 5.32 Å². The van der Waals surface area contributed by atoms with Gasteiger partial charge in [-0.15, -0.1) is 23.1 Å². The lowest BCUT2D eigenvalue weighted by Gasteiger charge is -2.09. The summed E-state index contributed by atoms with van der Waals surface area (Å²) < 4.78 is 0. The van der Waals surface area contributed by atoms with Gasteiger partial charge in [-0.05, 0) is 35.7 Å². The first-order valence-corrected chi connectivity index (χ1v) is 8.65. The van der Waals surface area contributed by atoms with Crippen LogP contribution in [0.2, 0.25) is 0 Å². The average Bonchev–Trinajstić information content (AvgIpc) is 3.07. The molecule has 0 radical (unpaired) electrons. The summed E-state index contributed by atoms with van der Waals surface area (Å²) in [4.78, 5) is 18.7. The van der Waals surface area contributed by atoms with Gasteiger partial charge in [-0.2, -0.15) is 0 Å². The van der Waals surface area contributed by atoms with Gasteiger partial charge in [0.15, 0.2) is 0 Å². The third-order valence-electron chi connectivity index (χ3n) is 3.02. The molecule has 3 rings (SSSR count). The van der Waals surface area contributed by atoms with Gasteiger partial charge in [0, 0.05) is 33.6 Å². The number of hydrogen-bond donors (Lipinski definition) is 1. The van der Waals surface area contributed by atoms with Crippen LogP contribution in [0.5, 0.6) is 0 Å². The first kappa shape index (κ1) is 14.8. The minimum atomic E-state index is -0.0968. The maximum atomic E-state index is 12.5. The van der Waals surface area contributed by atoms with Crippen molar-refractivity contribution in [3.05, 3.63) is 76.7 Å². The number of thioether (sulfide) groups is 1. The Labute approximate surface area is 137 Å². The van der Waals surface area contributed by atoms with E-state index in [1.165, 1.54) is 4.88 Å². The number of rotatable bonds is 5. The first-order valence-electron chi connectivity index (χ1n) is 6.78. The summed E-state index contributed by atoms with van der Waals surface area (Å²) in [5.74, 6) is 0.775. The molecule has 1 aromatic carbocycles. The number of thiophene rings is 1. The zero-order chi connectivity index (χ0) is 15.2. The Morgan fingerprint density at radius 2 is 1.91 bits per heavy atom. The summed E-state index contributed by atoms with van der Waals surface area (Å²) in [6.07, 6.45) is 3.32. The second kappa shape index (κ2) is 7.24. The van der Waals surface area contributed by atoms with E-state index in [9.17, 15) is 4.79 Å². The molecule has 0 aliphatic carbocycles. The van der Waals surface area contributed by atoms with Gasteiger partial charge in [0.1, 0.15) is 0 Å². The predicted molar refractivity (Wildman–Crippen MR) is 92.5 cm³/mol. The topological polar surface area (TPSA) is 42.0 Å². The second-order valence-electron chi connectivity index (χ2n) is 4.55. The number of aromatic nitrogens is 1. The van der Waals surface area contributed by atoms with Crippen LogP contribution in [-0.4, -0.2) is 10.9 Å². The number of pyridine rings is 1. The molecule has 0 atom stereocenters. The number of nitrogens with zero attached hydrogens (tertiary/aromatic N) is 1. The molecule has 0 aliphatic rings. The van der Waals surface area contributed by atoms with Crippen molar-refractivity contribution in [1.29, 1.82) is 0 Å². The van der Waals surface area contributed by atoms with Gasteiger partial charge in [0.05, 0.1) is 5.56 Å². The lowest BCUT2D eigenvalue weighted by atomic mass is 10.2. The van der Waals surface area contributed by atoms with Gasteiger partial charge in [-0.25, -0.2) is 0 Å². The molecule has 0 saturated carbocycles. The third-order valence-corrected chi connectivity index (χ3v) is 5.20. The molecule has 3 aromatic rings. The number of hydrogen-bond acceptors (Lipinski definition) is 4. The Morgan fingerprint density at radius 3 is 2.68 bits per heavy atom. The van der Waals surface area contributed by atoms with Crippen molar-refractivity contribution in [2.75, 3.05) is 5.32 Å². The van der Waals surface area contributed by atoms with Crippen molar-refractivity contribution >= 4 is 34.7 Å². The highest BCUT2D eigenvalue weighted by molar-refractivity contribution is 7.98. The quantitative estimate of drug-likeness (QED) is 0.692. The standard InChI is InChI=1S/C17H14N2OS2/c20-17(19-13-7-9-18-10-8-13)15-5-1-2-6-16(15)22-12-14-4-3-11-21-14/h1-11H,12H2,(H,18,19,20). The smallest absolute Gasteiger partial charge is 0.256 e. The Balaban J connectivity index is 1.74. The zero-order valence-electron chi connectivity index (χ0n) is 11.7. The van der Waals surface area contributed by atoms with E-state index in [1.54, 1.807) is 47.6 Å². The van der Waals surface area contributed by atoms with Crippen molar-refractivity contribution in [2.24, 2.45) is 0 Å². The fraction of sp³-hybridized carbons (Fsp3) is 0.0588. The molecule has 0 spiro atoms. The van der Waals surface area contributed by atoms with Crippen molar-refractivity contribution in [2.45, 2.75) is 10.6 Å². The molecular formula is C17H14N2OS2. The van der Waals surface area contributed by atoms with Crippen LogP contribution in [0.3, 0.4) is 0 Å². The maximum Gasteiger partial charge on any atom is 0.256 e. The van der Waals surface area contributed by atoms with Crippen LogP contribution in [0.25, 0.3) is 0 Å². The van der Waals surface area contributed by atoms with E-state index < -0.39 is 0 Å².